The van der Waals surface area contributed by atoms with Crippen molar-refractivity contribution in [2.45, 2.75) is 5.60 Å². The molecular formula is C21H12N2O2S. The van der Waals surface area contributed by atoms with Crippen molar-refractivity contribution in [2.24, 2.45) is 0 Å². The predicted molar refractivity (Wildman–Crippen MR) is 102 cm³/mol. The van der Waals surface area contributed by atoms with Gasteiger partial charge in [0.05, 0.1) is 16.6 Å². The highest BCUT2D eigenvalue weighted by molar-refractivity contribution is 7.08. The number of para-hydroxylation sites is 2. The highest BCUT2D eigenvalue weighted by Gasteiger charge is 2.43. The third-order valence-corrected chi connectivity index (χ3v) is 5.23. The van der Waals surface area contributed by atoms with E-state index in [2.05, 4.69) is 16.8 Å². The Morgan fingerprint density at radius 2 is 1.88 bits per heavy atom. The van der Waals surface area contributed by atoms with Crippen molar-refractivity contribution in [3.8, 4) is 17.5 Å². The number of fused-ring (bicyclic) bond motifs is 4. The van der Waals surface area contributed by atoms with Gasteiger partial charge in [-0.2, -0.15) is 11.3 Å². The third kappa shape index (κ3) is 2.00. The molecular weight excluding hydrogens is 344 g/mol. The standard InChI is InChI=1S/C21H12N2O2S/c24-19-15-5-1-3-7-17(15)22-20-21(25,11-9-14-10-12-26-13-14)16-6-2-4-8-18(16)23(19)20/h1-8,10,12-13,25H. The van der Waals surface area contributed by atoms with Crippen LogP contribution >= 0.6 is 11.3 Å². The van der Waals surface area contributed by atoms with Gasteiger partial charge in [0.15, 0.2) is 5.82 Å². The summed E-state index contributed by atoms with van der Waals surface area (Å²) in [5, 5.41) is 15.8. The van der Waals surface area contributed by atoms with Crippen LogP contribution in [0.25, 0.3) is 16.6 Å². The van der Waals surface area contributed by atoms with Gasteiger partial charge in [0.2, 0.25) is 5.60 Å². The first-order valence-electron chi connectivity index (χ1n) is 8.08. The summed E-state index contributed by atoms with van der Waals surface area (Å²) in [5.74, 6) is 6.21. The van der Waals surface area contributed by atoms with E-state index in [0.717, 1.165) is 5.56 Å². The average molecular weight is 356 g/mol. The first-order chi connectivity index (χ1) is 12.7. The van der Waals surface area contributed by atoms with Crippen LogP contribution in [-0.2, 0) is 5.60 Å². The van der Waals surface area contributed by atoms with Crippen LogP contribution in [0.2, 0.25) is 0 Å². The Kier molecular flexibility index (Phi) is 3.13. The SMILES string of the molecule is O=c1c2ccccc2nc2n1-c1ccccc1C2(O)C#Cc1ccsc1. The van der Waals surface area contributed by atoms with Crippen molar-refractivity contribution in [1.82, 2.24) is 9.55 Å². The van der Waals surface area contributed by atoms with Crippen molar-refractivity contribution in [3.05, 3.63) is 92.7 Å². The molecule has 0 saturated heterocycles. The molecule has 2 aromatic heterocycles. The molecule has 5 heteroatoms. The van der Waals surface area contributed by atoms with Gasteiger partial charge in [0.1, 0.15) is 0 Å². The fraction of sp³-hybridized carbons (Fsp3) is 0.0476. The van der Waals surface area contributed by atoms with Crippen molar-refractivity contribution in [2.75, 3.05) is 0 Å². The van der Waals surface area contributed by atoms with Gasteiger partial charge in [0, 0.05) is 16.5 Å². The van der Waals surface area contributed by atoms with E-state index in [1.165, 1.54) is 4.57 Å². The lowest BCUT2D eigenvalue weighted by Gasteiger charge is -2.16. The molecule has 1 aliphatic rings. The normalized spacial score (nSPS) is 17.4. The maximum Gasteiger partial charge on any atom is 0.266 e. The summed E-state index contributed by atoms with van der Waals surface area (Å²) in [6, 6.07) is 16.3. The largest absolute Gasteiger partial charge is 0.367 e. The van der Waals surface area contributed by atoms with Crippen molar-refractivity contribution >= 4 is 22.2 Å². The molecule has 2 aromatic carbocycles. The summed E-state index contributed by atoms with van der Waals surface area (Å²) in [6.07, 6.45) is 0. The van der Waals surface area contributed by atoms with E-state index in [-0.39, 0.29) is 11.4 Å². The van der Waals surface area contributed by atoms with Gasteiger partial charge in [-0.1, -0.05) is 36.3 Å². The van der Waals surface area contributed by atoms with Gasteiger partial charge < -0.3 is 5.11 Å². The Morgan fingerprint density at radius 3 is 2.73 bits per heavy atom. The van der Waals surface area contributed by atoms with E-state index >= 15 is 0 Å². The van der Waals surface area contributed by atoms with Gasteiger partial charge >= 0.3 is 0 Å². The molecule has 26 heavy (non-hydrogen) atoms. The first kappa shape index (κ1) is 15.1. The minimum Gasteiger partial charge on any atom is -0.367 e. The molecule has 1 atom stereocenters. The van der Waals surface area contributed by atoms with Crippen LogP contribution < -0.4 is 5.56 Å². The molecule has 4 nitrogen and oxygen atoms in total. The van der Waals surface area contributed by atoms with Crippen molar-refractivity contribution in [3.63, 3.8) is 0 Å². The second kappa shape index (κ2) is 5.40. The Hall–Kier alpha value is -3.20. The van der Waals surface area contributed by atoms with Crippen LogP contribution in [0.5, 0.6) is 0 Å². The maximum absolute atomic E-state index is 13.1. The topological polar surface area (TPSA) is 55.1 Å². The molecule has 0 bridgehead atoms. The van der Waals surface area contributed by atoms with Gasteiger partial charge in [-0.25, -0.2) is 4.98 Å². The van der Waals surface area contributed by atoms with E-state index in [0.29, 0.717) is 22.2 Å². The molecule has 4 aromatic rings. The number of aromatic nitrogens is 2. The summed E-state index contributed by atoms with van der Waals surface area (Å²) in [6.45, 7) is 0. The Morgan fingerprint density at radius 1 is 1.08 bits per heavy atom. The number of rotatable bonds is 0. The predicted octanol–water partition coefficient (Wildman–Crippen LogP) is 3.05. The summed E-state index contributed by atoms with van der Waals surface area (Å²) < 4.78 is 1.47. The minimum atomic E-state index is -1.64. The van der Waals surface area contributed by atoms with Crippen LogP contribution in [0, 0.1) is 11.8 Å². The molecule has 0 saturated carbocycles. The lowest BCUT2D eigenvalue weighted by molar-refractivity contribution is 0.141. The number of hydrogen-bond donors (Lipinski definition) is 1. The van der Waals surface area contributed by atoms with E-state index < -0.39 is 5.60 Å². The fourth-order valence-corrected chi connectivity index (χ4v) is 3.90. The zero-order chi connectivity index (χ0) is 17.7. The molecule has 0 fully saturated rings. The molecule has 1 unspecified atom stereocenters. The van der Waals surface area contributed by atoms with Crippen LogP contribution in [0.1, 0.15) is 17.0 Å². The lowest BCUT2D eigenvalue weighted by Crippen LogP contribution is -2.28. The van der Waals surface area contributed by atoms with Gasteiger partial charge in [-0.05, 0) is 35.6 Å². The number of hydrogen-bond acceptors (Lipinski definition) is 4. The van der Waals surface area contributed by atoms with Gasteiger partial charge in [-0.15, -0.1) is 0 Å². The van der Waals surface area contributed by atoms with Crippen molar-refractivity contribution in [1.29, 1.82) is 0 Å². The van der Waals surface area contributed by atoms with E-state index in [4.69, 9.17) is 0 Å². The molecule has 0 amide bonds. The van der Waals surface area contributed by atoms with Crippen molar-refractivity contribution < 1.29 is 5.11 Å². The lowest BCUT2D eigenvalue weighted by atomic mass is 9.95. The molecule has 0 spiro atoms. The second-order valence-corrected chi connectivity index (χ2v) is 6.86. The fourth-order valence-electron chi connectivity index (χ4n) is 3.32. The summed E-state index contributed by atoms with van der Waals surface area (Å²) in [7, 11) is 0. The Balaban J connectivity index is 1.87. The summed E-state index contributed by atoms with van der Waals surface area (Å²) in [4.78, 5) is 17.7. The number of nitrogens with zero attached hydrogens (tertiary/aromatic N) is 2. The number of aliphatic hydroxyl groups is 1. The third-order valence-electron chi connectivity index (χ3n) is 4.54. The monoisotopic (exact) mass is 356 g/mol. The zero-order valence-corrected chi connectivity index (χ0v) is 14.3. The van der Waals surface area contributed by atoms with Crippen LogP contribution in [0.4, 0.5) is 0 Å². The molecule has 1 N–H and O–H groups in total. The molecule has 124 valence electrons. The van der Waals surface area contributed by atoms with E-state index in [1.54, 1.807) is 35.6 Å². The minimum absolute atomic E-state index is 0.202. The molecule has 1 aliphatic heterocycles. The smallest absolute Gasteiger partial charge is 0.266 e. The second-order valence-electron chi connectivity index (χ2n) is 6.08. The first-order valence-corrected chi connectivity index (χ1v) is 9.03. The quantitative estimate of drug-likeness (QED) is 0.493. The molecule has 0 aliphatic carbocycles. The maximum atomic E-state index is 13.1. The highest BCUT2D eigenvalue weighted by atomic mass is 32.1. The van der Waals surface area contributed by atoms with Gasteiger partial charge in [0.25, 0.3) is 5.56 Å². The Labute approximate surface area is 153 Å². The van der Waals surface area contributed by atoms with Gasteiger partial charge in [-0.3, -0.25) is 9.36 Å². The van der Waals surface area contributed by atoms with E-state index in [9.17, 15) is 9.90 Å². The van der Waals surface area contributed by atoms with Crippen LogP contribution in [0.15, 0.2) is 70.2 Å². The number of benzene rings is 2. The van der Waals surface area contributed by atoms with Crippen LogP contribution in [0.3, 0.4) is 0 Å². The molecule has 3 heterocycles. The van der Waals surface area contributed by atoms with E-state index in [1.807, 2.05) is 41.1 Å². The number of thiophene rings is 1. The molecule has 5 rings (SSSR count). The Bertz CT molecular complexity index is 1280. The molecule has 0 radical (unpaired) electrons. The summed E-state index contributed by atoms with van der Waals surface area (Å²) >= 11 is 1.54. The highest BCUT2D eigenvalue weighted by Crippen LogP contribution is 2.39. The average Bonchev–Trinajstić information content (AvgIpc) is 3.27. The summed E-state index contributed by atoms with van der Waals surface area (Å²) in [5.41, 5.74) is 0.721. The zero-order valence-electron chi connectivity index (χ0n) is 13.5. The van der Waals surface area contributed by atoms with Crippen LogP contribution in [-0.4, -0.2) is 14.7 Å².